The predicted molar refractivity (Wildman–Crippen MR) is 56.1 cm³/mol. The summed E-state index contributed by atoms with van der Waals surface area (Å²) in [7, 11) is 0. The molecule has 78 valence electrons. The van der Waals surface area contributed by atoms with Gasteiger partial charge in [-0.15, -0.1) is 0 Å². The standard InChI is InChI=1S/C10H10N2O3/c1-7-2-3-8(4-5-10(11)13)6-9(7)12(14)15/h2-6H,1H3,(H2,11,13). The molecule has 0 fully saturated rings. The molecule has 1 rings (SSSR count). The van der Waals surface area contributed by atoms with Gasteiger partial charge in [0.25, 0.3) is 5.69 Å². The Morgan fingerprint density at radius 2 is 2.20 bits per heavy atom. The minimum atomic E-state index is -0.585. The van der Waals surface area contributed by atoms with Gasteiger partial charge in [0.15, 0.2) is 0 Å². The molecule has 5 nitrogen and oxygen atoms in total. The van der Waals surface area contributed by atoms with E-state index >= 15 is 0 Å². The number of nitrogens with two attached hydrogens (primary N) is 1. The maximum absolute atomic E-state index is 10.6. The maximum Gasteiger partial charge on any atom is 0.272 e. The highest BCUT2D eigenvalue weighted by Crippen LogP contribution is 2.19. The predicted octanol–water partition coefficient (Wildman–Crippen LogP) is 1.40. The summed E-state index contributed by atoms with van der Waals surface area (Å²) in [6.45, 7) is 1.65. The molecule has 1 aromatic rings. The summed E-state index contributed by atoms with van der Waals surface area (Å²) in [5.74, 6) is -0.585. The van der Waals surface area contributed by atoms with Crippen LogP contribution < -0.4 is 5.73 Å². The van der Waals surface area contributed by atoms with Crippen LogP contribution in [0.3, 0.4) is 0 Å². The van der Waals surface area contributed by atoms with Crippen molar-refractivity contribution in [1.29, 1.82) is 0 Å². The fourth-order valence-corrected chi connectivity index (χ4v) is 1.11. The number of rotatable bonds is 3. The van der Waals surface area contributed by atoms with Crippen LogP contribution in [0.15, 0.2) is 24.3 Å². The van der Waals surface area contributed by atoms with Crippen molar-refractivity contribution in [3.05, 3.63) is 45.5 Å². The second-order valence-corrected chi connectivity index (χ2v) is 3.04. The van der Waals surface area contributed by atoms with Crippen molar-refractivity contribution in [2.75, 3.05) is 0 Å². The van der Waals surface area contributed by atoms with Gasteiger partial charge >= 0.3 is 0 Å². The Labute approximate surface area is 86.4 Å². The van der Waals surface area contributed by atoms with Gasteiger partial charge in [0.2, 0.25) is 5.91 Å². The van der Waals surface area contributed by atoms with Gasteiger partial charge in [-0.3, -0.25) is 14.9 Å². The van der Waals surface area contributed by atoms with E-state index in [0.29, 0.717) is 11.1 Å². The fraction of sp³-hybridized carbons (Fsp3) is 0.100. The first kappa shape index (κ1) is 10.9. The first-order valence-electron chi connectivity index (χ1n) is 4.23. The summed E-state index contributed by atoms with van der Waals surface area (Å²) in [6, 6.07) is 4.70. The third-order valence-corrected chi connectivity index (χ3v) is 1.87. The van der Waals surface area contributed by atoms with Crippen LogP contribution in [0, 0.1) is 17.0 Å². The maximum atomic E-state index is 10.6. The number of primary amides is 1. The van der Waals surface area contributed by atoms with Crippen LogP contribution in [-0.4, -0.2) is 10.8 Å². The molecule has 0 saturated carbocycles. The Bertz CT molecular complexity index is 438. The number of carbonyl (C=O) groups is 1. The summed E-state index contributed by atoms with van der Waals surface area (Å²) in [5, 5.41) is 10.6. The summed E-state index contributed by atoms with van der Waals surface area (Å²) in [4.78, 5) is 20.6. The summed E-state index contributed by atoms with van der Waals surface area (Å²) < 4.78 is 0. The molecule has 0 unspecified atom stereocenters. The number of benzene rings is 1. The molecule has 0 saturated heterocycles. The Hall–Kier alpha value is -2.17. The van der Waals surface area contributed by atoms with E-state index in [-0.39, 0.29) is 5.69 Å². The third kappa shape index (κ3) is 2.91. The smallest absolute Gasteiger partial charge is 0.272 e. The molecule has 0 aromatic heterocycles. The van der Waals surface area contributed by atoms with E-state index in [1.54, 1.807) is 19.1 Å². The Morgan fingerprint density at radius 3 is 2.73 bits per heavy atom. The summed E-state index contributed by atoms with van der Waals surface area (Å²) in [6.07, 6.45) is 2.60. The van der Waals surface area contributed by atoms with E-state index < -0.39 is 10.8 Å². The monoisotopic (exact) mass is 206 g/mol. The van der Waals surface area contributed by atoms with Crippen LogP contribution in [0.5, 0.6) is 0 Å². The highest BCUT2D eigenvalue weighted by molar-refractivity contribution is 5.90. The van der Waals surface area contributed by atoms with E-state index in [4.69, 9.17) is 5.73 Å². The zero-order valence-electron chi connectivity index (χ0n) is 8.14. The summed E-state index contributed by atoms with van der Waals surface area (Å²) in [5.41, 5.74) is 6.09. The quantitative estimate of drug-likeness (QED) is 0.460. The van der Waals surface area contributed by atoms with E-state index in [9.17, 15) is 14.9 Å². The summed E-state index contributed by atoms with van der Waals surface area (Å²) >= 11 is 0. The van der Waals surface area contributed by atoms with Crippen LogP contribution >= 0.6 is 0 Å². The largest absolute Gasteiger partial charge is 0.366 e. The van der Waals surface area contributed by atoms with Crippen LogP contribution in [0.4, 0.5) is 5.69 Å². The van der Waals surface area contributed by atoms with E-state index in [1.807, 2.05) is 0 Å². The van der Waals surface area contributed by atoms with Gasteiger partial charge in [-0.05, 0) is 18.6 Å². The molecule has 0 radical (unpaired) electrons. The van der Waals surface area contributed by atoms with Gasteiger partial charge in [-0.1, -0.05) is 12.1 Å². The molecule has 2 N–H and O–H groups in total. The van der Waals surface area contributed by atoms with E-state index in [0.717, 1.165) is 6.08 Å². The molecule has 0 aliphatic rings. The van der Waals surface area contributed by atoms with Gasteiger partial charge < -0.3 is 5.73 Å². The van der Waals surface area contributed by atoms with Gasteiger partial charge in [-0.2, -0.15) is 0 Å². The van der Waals surface area contributed by atoms with Gasteiger partial charge in [0.05, 0.1) is 4.92 Å². The van der Waals surface area contributed by atoms with E-state index in [1.165, 1.54) is 12.1 Å². The normalized spacial score (nSPS) is 10.5. The van der Waals surface area contributed by atoms with Crippen LogP contribution in [0.1, 0.15) is 11.1 Å². The average molecular weight is 206 g/mol. The molecule has 0 atom stereocenters. The van der Waals surface area contributed by atoms with Gasteiger partial charge in [0.1, 0.15) is 0 Å². The second kappa shape index (κ2) is 4.36. The Morgan fingerprint density at radius 1 is 1.53 bits per heavy atom. The Balaban J connectivity index is 3.08. The fourth-order valence-electron chi connectivity index (χ4n) is 1.11. The number of nitro benzene ring substituents is 1. The highest BCUT2D eigenvalue weighted by atomic mass is 16.6. The number of nitro groups is 1. The van der Waals surface area contributed by atoms with Crippen molar-refractivity contribution < 1.29 is 9.72 Å². The lowest BCUT2D eigenvalue weighted by atomic mass is 10.1. The number of nitrogens with zero attached hydrogens (tertiary/aromatic N) is 1. The molecule has 0 spiro atoms. The number of aryl methyl sites for hydroxylation is 1. The molecule has 15 heavy (non-hydrogen) atoms. The van der Waals surface area contributed by atoms with Crippen LogP contribution in [0.25, 0.3) is 6.08 Å². The number of amides is 1. The minimum absolute atomic E-state index is 0.0293. The van der Waals surface area contributed by atoms with Crippen molar-refractivity contribution in [1.82, 2.24) is 0 Å². The van der Waals surface area contributed by atoms with Crippen molar-refractivity contribution >= 4 is 17.7 Å². The minimum Gasteiger partial charge on any atom is -0.366 e. The van der Waals surface area contributed by atoms with Crippen LogP contribution in [-0.2, 0) is 4.79 Å². The third-order valence-electron chi connectivity index (χ3n) is 1.87. The zero-order valence-corrected chi connectivity index (χ0v) is 8.14. The molecule has 0 aliphatic carbocycles. The number of hydrogen-bond donors (Lipinski definition) is 1. The highest BCUT2D eigenvalue weighted by Gasteiger charge is 2.09. The number of hydrogen-bond acceptors (Lipinski definition) is 3. The lowest BCUT2D eigenvalue weighted by Crippen LogP contribution is -2.05. The molecule has 1 aromatic carbocycles. The lowest BCUT2D eigenvalue weighted by molar-refractivity contribution is -0.385. The molecule has 0 bridgehead atoms. The van der Waals surface area contributed by atoms with Gasteiger partial charge in [0, 0.05) is 17.7 Å². The number of carbonyl (C=O) groups excluding carboxylic acids is 1. The van der Waals surface area contributed by atoms with Crippen molar-refractivity contribution in [3.8, 4) is 0 Å². The molecule has 1 amide bonds. The van der Waals surface area contributed by atoms with Crippen molar-refractivity contribution in [2.24, 2.45) is 5.73 Å². The molecule has 0 heterocycles. The molecular formula is C10H10N2O3. The van der Waals surface area contributed by atoms with Crippen LogP contribution in [0.2, 0.25) is 0 Å². The topological polar surface area (TPSA) is 86.2 Å². The van der Waals surface area contributed by atoms with Crippen molar-refractivity contribution in [3.63, 3.8) is 0 Å². The molecular weight excluding hydrogens is 196 g/mol. The lowest BCUT2D eigenvalue weighted by Gasteiger charge is -1.98. The first-order valence-corrected chi connectivity index (χ1v) is 4.23. The van der Waals surface area contributed by atoms with Gasteiger partial charge in [-0.25, -0.2) is 0 Å². The molecule has 5 heteroatoms. The average Bonchev–Trinajstić information content (AvgIpc) is 2.16. The zero-order chi connectivity index (χ0) is 11.4. The first-order chi connectivity index (χ1) is 7.00. The second-order valence-electron chi connectivity index (χ2n) is 3.04. The molecule has 0 aliphatic heterocycles. The Kier molecular flexibility index (Phi) is 3.17. The van der Waals surface area contributed by atoms with E-state index in [2.05, 4.69) is 0 Å². The van der Waals surface area contributed by atoms with Crippen molar-refractivity contribution in [2.45, 2.75) is 6.92 Å². The SMILES string of the molecule is Cc1ccc(C=CC(N)=O)cc1[N+](=O)[O-].